The normalized spacial score (nSPS) is 18.2. The Morgan fingerprint density at radius 3 is 2.59 bits per heavy atom. The van der Waals surface area contributed by atoms with Crippen molar-refractivity contribution in [3.63, 3.8) is 0 Å². The van der Waals surface area contributed by atoms with Gasteiger partial charge in [-0.05, 0) is 25.3 Å². The van der Waals surface area contributed by atoms with Crippen molar-refractivity contribution < 1.29 is 4.79 Å². The largest absolute Gasteiger partial charge is 0.355 e. The molecule has 1 rings (SSSR count). The molecule has 0 bridgehead atoms. The molecule has 3 nitrogen and oxygen atoms in total. The molecular formula is C14H28N2O. The minimum absolute atomic E-state index is 0.185. The van der Waals surface area contributed by atoms with Gasteiger partial charge in [-0.25, -0.2) is 0 Å². The molecule has 0 radical (unpaired) electrons. The van der Waals surface area contributed by atoms with Crippen LogP contribution in [0.5, 0.6) is 0 Å². The summed E-state index contributed by atoms with van der Waals surface area (Å²) in [6, 6.07) is 0. The van der Waals surface area contributed by atoms with E-state index in [0.717, 1.165) is 38.4 Å². The van der Waals surface area contributed by atoms with Gasteiger partial charge in [-0.2, -0.15) is 0 Å². The monoisotopic (exact) mass is 240 g/mol. The molecule has 0 aromatic carbocycles. The standard InChI is InChI=1S/C14H28N2O/c1-3-8-15-9-10-16-14(17)12(2)11-13-6-4-5-7-13/h12-13,15H,3-11H2,1-2H3,(H,16,17). The van der Waals surface area contributed by atoms with Crippen LogP contribution in [0.1, 0.15) is 52.4 Å². The van der Waals surface area contributed by atoms with Gasteiger partial charge in [0.05, 0.1) is 0 Å². The molecule has 1 fully saturated rings. The highest BCUT2D eigenvalue weighted by atomic mass is 16.1. The third-order valence-electron chi connectivity index (χ3n) is 3.64. The van der Waals surface area contributed by atoms with E-state index in [4.69, 9.17) is 0 Å². The first kappa shape index (κ1) is 14.5. The first-order valence-electron chi connectivity index (χ1n) is 7.22. The van der Waals surface area contributed by atoms with E-state index in [1.54, 1.807) is 0 Å². The Morgan fingerprint density at radius 1 is 1.24 bits per heavy atom. The van der Waals surface area contributed by atoms with Crippen LogP contribution in [0.2, 0.25) is 0 Å². The first-order chi connectivity index (χ1) is 8.24. The van der Waals surface area contributed by atoms with E-state index in [-0.39, 0.29) is 11.8 Å². The summed E-state index contributed by atoms with van der Waals surface area (Å²) in [5.41, 5.74) is 0. The molecule has 2 N–H and O–H groups in total. The lowest BCUT2D eigenvalue weighted by molar-refractivity contribution is -0.124. The second-order valence-electron chi connectivity index (χ2n) is 5.33. The summed E-state index contributed by atoms with van der Waals surface area (Å²) >= 11 is 0. The fourth-order valence-electron chi connectivity index (χ4n) is 2.60. The summed E-state index contributed by atoms with van der Waals surface area (Å²) in [6.07, 6.45) is 7.60. The van der Waals surface area contributed by atoms with Crippen LogP contribution < -0.4 is 10.6 Å². The molecule has 0 aromatic rings. The molecule has 100 valence electrons. The lowest BCUT2D eigenvalue weighted by atomic mass is 9.94. The van der Waals surface area contributed by atoms with Crippen molar-refractivity contribution in [1.29, 1.82) is 0 Å². The van der Waals surface area contributed by atoms with Gasteiger partial charge in [0, 0.05) is 19.0 Å². The number of carbonyl (C=O) groups excluding carboxylic acids is 1. The van der Waals surface area contributed by atoms with Gasteiger partial charge in [-0.3, -0.25) is 4.79 Å². The van der Waals surface area contributed by atoms with Crippen LogP contribution in [0.15, 0.2) is 0 Å². The zero-order chi connectivity index (χ0) is 12.5. The number of carbonyl (C=O) groups is 1. The van der Waals surface area contributed by atoms with E-state index in [1.807, 2.05) is 0 Å². The Morgan fingerprint density at radius 2 is 1.94 bits per heavy atom. The molecule has 3 heteroatoms. The summed E-state index contributed by atoms with van der Waals surface area (Å²) in [6.45, 7) is 6.89. The molecule has 1 atom stereocenters. The molecule has 0 saturated heterocycles. The van der Waals surface area contributed by atoms with E-state index in [1.165, 1.54) is 25.7 Å². The third kappa shape index (κ3) is 6.06. The molecule has 1 unspecified atom stereocenters. The molecule has 1 aliphatic carbocycles. The zero-order valence-electron chi connectivity index (χ0n) is 11.4. The van der Waals surface area contributed by atoms with Crippen LogP contribution in [0.4, 0.5) is 0 Å². The number of amides is 1. The van der Waals surface area contributed by atoms with E-state index >= 15 is 0 Å². The van der Waals surface area contributed by atoms with Crippen LogP contribution >= 0.6 is 0 Å². The van der Waals surface area contributed by atoms with Gasteiger partial charge in [0.25, 0.3) is 0 Å². The minimum Gasteiger partial charge on any atom is -0.355 e. The lowest BCUT2D eigenvalue weighted by Gasteiger charge is -2.16. The Bertz CT molecular complexity index is 212. The molecule has 1 amide bonds. The smallest absolute Gasteiger partial charge is 0.222 e. The fourth-order valence-corrected chi connectivity index (χ4v) is 2.60. The van der Waals surface area contributed by atoms with E-state index in [0.29, 0.717) is 0 Å². The molecule has 17 heavy (non-hydrogen) atoms. The number of hydrogen-bond donors (Lipinski definition) is 2. The van der Waals surface area contributed by atoms with Crippen LogP contribution in [0.25, 0.3) is 0 Å². The summed E-state index contributed by atoms with van der Waals surface area (Å²) in [5, 5.41) is 6.30. The van der Waals surface area contributed by atoms with Crippen molar-refractivity contribution in [2.24, 2.45) is 11.8 Å². The van der Waals surface area contributed by atoms with Gasteiger partial charge in [0.2, 0.25) is 5.91 Å². The quantitative estimate of drug-likeness (QED) is 0.639. The van der Waals surface area contributed by atoms with Crippen molar-refractivity contribution in [3.8, 4) is 0 Å². The molecule has 1 saturated carbocycles. The SMILES string of the molecule is CCCNCCNC(=O)C(C)CC1CCCC1. The average Bonchev–Trinajstić information content (AvgIpc) is 2.81. The fraction of sp³-hybridized carbons (Fsp3) is 0.929. The number of hydrogen-bond acceptors (Lipinski definition) is 2. The molecular weight excluding hydrogens is 212 g/mol. The number of nitrogens with one attached hydrogen (secondary N) is 2. The van der Waals surface area contributed by atoms with Crippen molar-refractivity contribution in [2.75, 3.05) is 19.6 Å². The topological polar surface area (TPSA) is 41.1 Å². The van der Waals surface area contributed by atoms with Crippen molar-refractivity contribution in [1.82, 2.24) is 10.6 Å². The summed E-state index contributed by atoms with van der Waals surface area (Å²) < 4.78 is 0. The maximum absolute atomic E-state index is 11.8. The highest BCUT2D eigenvalue weighted by molar-refractivity contribution is 5.78. The van der Waals surface area contributed by atoms with Crippen LogP contribution in [-0.4, -0.2) is 25.5 Å². The predicted molar refractivity (Wildman–Crippen MR) is 71.9 cm³/mol. The van der Waals surface area contributed by atoms with Gasteiger partial charge >= 0.3 is 0 Å². The summed E-state index contributed by atoms with van der Waals surface area (Å²) in [4.78, 5) is 11.8. The summed E-state index contributed by atoms with van der Waals surface area (Å²) in [5.74, 6) is 1.22. The molecule has 0 aliphatic heterocycles. The Balaban J connectivity index is 2.05. The molecule has 0 aromatic heterocycles. The molecule has 0 spiro atoms. The van der Waals surface area contributed by atoms with Gasteiger partial charge in [0.15, 0.2) is 0 Å². The molecule has 1 aliphatic rings. The van der Waals surface area contributed by atoms with Crippen molar-refractivity contribution >= 4 is 5.91 Å². The van der Waals surface area contributed by atoms with E-state index in [9.17, 15) is 4.79 Å². The van der Waals surface area contributed by atoms with Gasteiger partial charge < -0.3 is 10.6 Å². The highest BCUT2D eigenvalue weighted by Crippen LogP contribution is 2.30. The Hall–Kier alpha value is -0.570. The second kappa shape index (κ2) is 8.51. The first-order valence-corrected chi connectivity index (χ1v) is 7.22. The maximum atomic E-state index is 11.8. The summed E-state index contributed by atoms with van der Waals surface area (Å²) in [7, 11) is 0. The van der Waals surface area contributed by atoms with Gasteiger partial charge in [0.1, 0.15) is 0 Å². The van der Waals surface area contributed by atoms with Crippen LogP contribution in [0, 0.1) is 11.8 Å². The van der Waals surface area contributed by atoms with Crippen molar-refractivity contribution in [2.45, 2.75) is 52.4 Å². The number of rotatable bonds is 8. The van der Waals surface area contributed by atoms with Crippen molar-refractivity contribution in [3.05, 3.63) is 0 Å². The van der Waals surface area contributed by atoms with Crippen LogP contribution in [0.3, 0.4) is 0 Å². The zero-order valence-corrected chi connectivity index (χ0v) is 11.4. The Kier molecular flexibility index (Phi) is 7.25. The molecule has 0 heterocycles. The second-order valence-corrected chi connectivity index (χ2v) is 5.33. The van der Waals surface area contributed by atoms with E-state index in [2.05, 4.69) is 24.5 Å². The Labute approximate surface area is 106 Å². The average molecular weight is 240 g/mol. The third-order valence-corrected chi connectivity index (χ3v) is 3.64. The van der Waals surface area contributed by atoms with E-state index < -0.39 is 0 Å². The van der Waals surface area contributed by atoms with Gasteiger partial charge in [-0.1, -0.05) is 39.5 Å². The van der Waals surface area contributed by atoms with Crippen LogP contribution in [-0.2, 0) is 4.79 Å². The minimum atomic E-state index is 0.185. The van der Waals surface area contributed by atoms with Gasteiger partial charge in [-0.15, -0.1) is 0 Å². The lowest BCUT2D eigenvalue weighted by Crippen LogP contribution is -2.35. The highest BCUT2D eigenvalue weighted by Gasteiger charge is 2.21. The predicted octanol–water partition coefficient (Wildman–Crippen LogP) is 2.32. The maximum Gasteiger partial charge on any atom is 0.222 e.